The van der Waals surface area contributed by atoms with Crippen LogP contribution in [0.3, 0.4) is 0 Å². The molecule has 0 spiro atoms. The maximum Gasteiger partial charge on any atom is 0.255 e. The van der Waals surface area contributed by atoms with Gasteiger partial charge in [-0.05, 0) is 36.1 Å². The third-order valence-corrected chi connectivity index (χ3v) is 4.09. The topological polar surface area (TPSA) is 80.3 Å². The number of nitrogens with one attached hydrogen (secondary N) is 1. The molecule has 1 amide bonds. The first-order chi connectivity index (χ1) is 11.6. The largest absolute Gasteiger partial charge is 0.463 e. The molecule has 1 aromatic carbocycles. The van der Waals surface area contributed by atoms with E-state index in [1.165, 1.54) is 6.26 Å². The van der Waals surface area contributed by atoms with E-state index in [-0.39, 0.29) is 18.6 Å². The number of aliphatic hydroxyl groups excluding tert-OH is 1. The molecule has 3 rings (SSSR count). The second-order valence-electron chi connectivity index (χ2n) is 5.91. The first-order valence-corrected chi connectivity index (χ1v) is 8.00. The van der Waals surface area contributed by atoms with Crippen molar-refractivity contribution in [3.8, 4) is 0 Å². The second-order valence-corrected chi connectivity index (χ2v) is 5.91. The third kappa shape index (κ3) is 3.33. The van der Waals surface area contributed by atoms with E-state index in [1.54, 1.807) is 10.9 Å². The van der Waals surface area contributed by atoms with Crippen LogP contribution in [-0.2, 0) is 19.9 Å². The number of rotatable bonds is 6. The number of nitrogens with zero attached hydrogens (tertiary/aromatic N) is 2. The predicted octanol–water partition coefficient (Wildman–Crippen LogP) is 2.06. The minimum absolute atomic E-state index is 0.142. The standard InChI is InChI=1S/C18H21N3O3/c1-3-12-4-5-17-15(7-12)16(11-24-17)18(23)20-14(10-22)6-13-8-19-21(2)9-13/h4-5,7-9,11,14,22H,3,6,10H2,1-2H3,(H,20,23). The number of hydrogen-bond acceptors (Lipinski definition) is 4. The molecule has 3 aromatic rings. The van der Waals surface area contributed by atoms with Crippen molar-refractivity contribution >= 4 is 16.9 Å². The highest BCUT2D eigenvalue weighted by atomic mass is 16.3. The van der Waals surface area contributed by atoms with Crippen LogP contribution in [0.2, 0.25) is 0 Å². The number of aromatic nitrogens is 2. The number of aliphatic hydroxyl groups is 1. The van der Waals surface area contributed by atoms with E-state index in [9.17, 15) is 9.90 Å². The lowest BCUT2D eigenvalue weighted by Gasteiger charge is -2.15. The van der Waals surface area contributed by atoms with Crippen molar-refractivity contribution in [2.75, 3.05) is 6.61 Å². The molecule has 2 N–H and O–H groups in total. The summed E-state index contributed by atoms with van der Waals surface area (Å²) in [7, 11) is 1.83. The molecule has 0 fully saturated rings. The predicted molar refractivity (Wildman–Crippen MR) is 90.8 cm³/mol. The van der Waals surface area contributed by atoms with Gasteiger partial charge in [-0.1, -0.05) is 13.0 Å². The number of carbonyl (C=O) groups excluding carboxylic acids is 1. The Labute approximate surface area is 140 Å². The van der Waals surface area contributed by atoms with Crippen molar-refractivity contribution in [2.45, 2.75) is 25.8 Å². The van der Waals surface area contributed by atoms with Crippen molar-refractivity contribution in [3.05, 3.63) is 53.5 Å². The fourth-order valence-electron chi connectivity index (χ4n) is 2.76. The number of carbonyl (C=O) groups is 1. The molecule has 24 heavy (non-hydrogen) atoms. The summed E-state index contributed by atoms with van der Waals surface area (Å²) in [4.78, 5) is 12.6. The van der Waals surface area contributed by atoms with Crippen molar-refractivity contribution in [1.82, 2.24) is 15.1 Å². The molecular weight excluding hydrogens is 306 g/mol. The van der Waals surface area contributed by atoms with Crippen LogP contribution >= 0.6 is 0 Å². The van der Waals surface area contributed by atoms with E-state index >= 15 is 0 Å². The normalized spacial score (nSPS) is 12.5. The number of hydrogen-bond donors (Lipinski definition) is 2. The SMILES string of the molecule is CCc1ccc2occ(C(=O)NC(CO)Cc3cnn(C)c3)c2c1. The van der Waals surface area contributed by atoms with Crippen LogP contribution in [0.15, 0.2) is 41.3 Å². The molecule has 0 bridgehead atoms. The molecule has 0 aliphatic carbocycles. The number of benzene rings is 1. The van der Waals surface area contributed by atoms with E-state index < -0.39 is 0 Å². The molecule has 2 heterocycles. The lowest BCUT2D eigenvalue weighted by Crippen LogP contribution is -2.39. The average molecular weight is 327 g/mol. The van der Waals surface area contributed by atoms with Gasteiger partial charge in [0.15, 0.2) is 0 Å². The molecule has 0 radical (unpaired) electrons. The molecule has 1 unspecified atom stereocenters. The molecule has 6 heteroatoms. The van der Waals surface area contributed by atoms with Crippen LogP contribution in [0.1, 0.15) is 28.4 Å². The van der Waals surface area contributed by atoms with Gasteiger partial charge in [0, 0.05) is 18.6 Å². The maximum absolute atomic E-state index is 12.6. The highest BCUT2D eigenvalue weighted by Gasteiger charge is 2.18. The Bertz CT molecular complexity index is 850. The highest BCUT2D eigenvalue weighted by molar-refractivity contribution is 6.06. The van der Waals surface area contributed by atoms with E-state index in [4.69, 9.17) is 4.42 Å². The second kappa shape index (κ2) is 6.88. The Morgan fingerprint density at radius 2 is 2.25 bits per heavy atom. The highest BCUT2D eigenvalue weighted by Crippen LogP contribution is 2.23. The molecule has 1 atom stereocenters. The zero-order chi connectivity index (χ0) is 17.1. The maximum atomic E-state index is 12.6. The fraction of sp³-hybridized carbons (Fsp3) is 0.333. The first-order valence-electron chi connectivity index (χ1n) is 8.00. The van der Waals surface area contributed by atoms with Crippen LogP contribution in [0.4, 0.5) is 0 Å². The summed E-state index contributed by atoms with van der Waals surface area (Å²) >= 11 is 0. The first kappa shape index (κ1) is 16.3. The number of amides is 1. The summed E-state index contributed by atoms with van der Waals surface area (Å²) < 4.78 is 7.17. The zero-order valence-electron chi connectivity index (χ0n) is 13.8. The van der Waals surface area contributed by atoms with Crippen LogP contribution in [0.25, 0.3) is 11.0 Å². The van der Waals surface area contributed by atoms with Crippen LogP contribution < -0.4 is 5.32 Å². The molecule has 0 aliphatic heterocycles. The van der Waals surface area contributed by atoms with Gasteiger partial charge in [-0.25, -0.2) is 0 Å². The Kier molecular flexibility index (Phi) is 4.66. The fourth-order valence-corrected chi connectivity index (χ4v) is 2.76. The Hall–Kier alpha value is -2.60. The van der Waals surface area contributed by atoms with Crippen LogP contribution in [-0.4, -0.2) is 33.4 Å². The summed E-state index contributed by atoms with van der Waals surface area (Å²) in [6.07, 6.45) is 6.48. The summed E-state index contributed by atoms with van der Waals surface area (Å²) in [5.74, 6) is -0.245. The molecule has 0 saturated heterocycles. The minimum Gasteiger partial charge on any atom is -0.463 e. The van der Waals surface area contributed by atoms with Gasteiger partial charge in [-0.3, -0.25) is 9.48 Å². The minimum atomic E-state index is -0.374. The number of aryl methyl sites for hydroxylation is 2. The Balaban J connectivity index is 1.78. The molecule has 6 nitrogen and oxygen atoms in total. The van der Waals surface area contributed by atoms with Crippen molar-refractivity contribution in [1.29, 1.82) is 0 Å². The van der Waals surface area contributed by atoms with E-state index in [2.05, 4.69) is 17.3 Å². The van der Waals surface area contributed by atoms with Gasteiger partial charge in [0.25, 0.3) is 5.91 Å². The van der Waals surface area contributed by atoms with Gasteiger partial charge in [0.1, 0.15) is 11.8 Å². The summed E-state index contributed by atoms with van der Waals surface area (Å²) in [5.41, 5.74) is 3.28. The Morgan fingerprint density at radius 3 is 2.92 bits per heavy atom. The van der Waals surface area contributed by atoms with Gasteiger partial charge >= 0.3 is 0 Å². The van der Waals surface area contributed by atoms with Crippen molar-refractivity contribution < 1.29 is 14.3 Å². The number of fused-ring (bicyclic) bond motifs is 1. The molecule has 0 saturated carbocycles. The van der Waals surface area contributed by atoms with E-state index in [1.807, 2.05) is 31.4 Å². The van der Waals surface area contributed by atoms with E-state index in [0.29, 0.717) is 17.6 Å². The Morgan fingerprint density at radius 1 is 1.42 bits per heavy atom. The molecule has 126 valence electrons. The van der Waals surface area contributed by atoms with Gasteiger partial charge < -0.3 is 14.8 Å². The van der Waals surface area contributed by atoms with Crippen LogP contribution in [0.5, 0.6) is 0 Å². The summed E-state index contributed by atoms with van der Waals surface area (Å²) in [6, 6.07) is 5.47. The van der Waals surface area contributed by atoms with Gasteiger partial charge in [-0.2, -0.15) is 5.10 Å². The van der Waals surface area contributed by atoms with Gasteiger partial charge in [-0.15, -0.1) is 0 Å². The summed E-state index contributed by atoms with van der Waals surface area (Å²) in [6.45, 7) is 1.92. The third-order valence-electron chi connectivity index (χ3n) is 4.09. The monoisotopic (exact) mass is 327 g/mol. The lowest BCUT2D eigenvalue weighted by molar-refractivity contribution is 0.0917. The van der Waals surface area contributed by atoms with Gasteiger partial charge in [0.2, 0.25) is 0 Å². The van der Waals surface area contributed by atoms with Crippen LogP contribution in [0, 0.1) is 0 Å². The quantitative estimate of drug-likeness (QED) is 0.726. The molecule has 0 aliphatic rings. The summed E-state index contributed by atoms with van der Waals surface area (Å²) in [5, 5.41) is 17.3. The smallest absolute Gasteiger partial charge is 0.255 e. The van der Waals surface area contributed by atoms with Gasteiger partial charge in [0.05, 0.1) is 24.4 Å². The zero-order valence-corrected chi connectivity index (χ0v) is 13.8. The van der Waals surface area contributed by atoms with Crippen molar-refractivity contribution in [3.63, 3.8) is 0 Å². The molecule has 2 aromatic heterocycles. The lowest BCUT2D eigenvalue weighted by atomic mass is 10.1. The molecular formula is C18H21N3O3. The van der Waals surface area contributed by atoms with Crippen molar-refractivity contribution in [2.24, 2.45) is 7.05 Å². The number of furan rings is 1. The average Bonchev–Trinajstić information content (AvgIpc) is 3.19. The van der Waals surface area contributed by atoms with E-state index in [0.717, 1.165) is 22.9 Å².